The summed E-state index contributed by atoms with van der Waals surface area (Å²) in [5.41, 5.74) is 7.83. The number of nitrogens with two attached hydrogens (primary N) is 1. The van der Waals surface area contributed by atoms with Crippen LogP contribution in [0.15, 0.2) is 12.1 Å². The Labute approximate surface area is 122 Å². The first kappa shape index (κ1) is 15.1. The smallest absolute Gasteiger partial charge is 0.245 e. The van der Waals surface area contributed by atoms with Crippen LogP contribution >= 0.6 is 11.6 Å². The number of anilines is 2. The SMILES string of the molecule is COCC(O)CN(C)c1cc2c(cc1Cl)C(N)C(=O)N2. The Morgan fingerprint density at radius 1 is 1.60 bits per heavy atom. The van der Waals surface area contributed by atoms with E-state index in [-0.39, 0.29) is 12.5 Å². The molecule has 0 saturated carbocycles. The third-order valence-corrected chi connectivity index (χ3v) is 3.55. The van der Waals surface area contributed by atoms with Crippen molar-refractivity contribution < 1.29 is 14.6 Å². The number of rotatable bonds is 5. The molecule has 1 aromatic carbocycles. The van der Waals surface area contributed by atoms with Crippen LogP contribution in [0.25, 0.3) is 0 Å². The standard InChI is InChI=1S/C13H18ClN3O3/c1-17(5-7(18)6-20-2)11-4-10-8(3-9(11)14)12(15)13(19)16-10/h3-4,7,12,18H,5-6,15H2,1-2H3,(H,16,19). The van der Waals surface area contributed by atoms with Crippen molar-refractivity contribution in [2.45, 2.75) is 12.1 Å². The van der Waals surface area contributed by atoms with Crippen LogP contribution in [0.4, 0.5) is 11.4 Å². The van der Waals surface area contributed by atoms with Gasteiger partial charge >= 0.3 is 0 Å². The lowest BCUT2D eigenvalue weighted by Crippen LogP contribution is -2.32. The first-order valence-corrected chi connectivity index (χ1v) is 6.60. The second kappa shape index (κ2) is 5.97. The normalized spacial score (nSPS) is 18.6. The predicted molar refractivity (Wildman–Crippen MR) is 78.2 cm³/mol. The average molecular weight is 300 g/mol. The molecular weight excluding hydrogens is 282 g/mol. The van der Waals surface area contributed by atoms with Crippen molar-refractivity contribution in [1.29, 1.82) is 0 Å². The minimum absolute atomic E-state index is 0.240. The van der Waals surface area contributed by atoms with Gasteiger partial charge in [-0.3, -0.25) is 4.79 Å². The summed E-state index contributed by atoms with van der Waals surface area (Å²) in [6, 6.07) is 2.77. The van der Waals surface area contributed by atoms with Gasteiger partial charge in [-0.2, -0.15) is 0 Å². The van der Waals surface area contributed by atoms with Crippen LogP contribution < -0.4 is 16.0 Å². The lowest BCUT2D eigenvalue weighted by atomic mass is 10.1. The zero-order valence-corrected chi connectivity index (χ0v) is 12.1. The van der Waals surface area contributed by atoms with Crippen molar-refractivity contribution in [1.82, 2.24) is 0 Å². The maximum atomic E-state index is 11.5. The summed E-state index contributed by atoms with van der Waals surface area (Å²) < 4.78 is 4.89. The van der Waals surface area contributed by atoms with E-state index in [0.29, 0.717) is 22.8 Å². The molecule has 6 nitrogen and oxygen atoms in total. The zero-order chi connectivity index (χ0) is 14.9. The van der Waals surface area contributed by atoms with Gasteiger partial charge in [0.1, 0.15) is 6.04 Å². The van der Waals surface area contributed by atoms with E-state index in [4.69, 9.17) is 22.1 Å². The second-order valence-electron chi connectivity index (χ2n) is 4.85. The molecule has 0 aliphatic carbocycles. The number of ether oxygens (including phenoxy) is 1. The maximum absolute atomic E-state index is 11.5. The topological polar surface area (TPSA) is 87.8 Å². The molecule has 2 unspecified atom stereocenters. The Balaban J connectivity index is 2.22. The van der Waals surface area contributed by atoms with Crippen molar-refractivity contribution in [3.63, 3.8) is 0 Å². The molecule has 2 rings (SSSR count). The van der Waals surface area contributed by atoms with Crippen molar-refractivity contribution in [3.8, 4) is 0 Å². The van der Waals surface area contributed by atoms with Crippen LogP contribution in [0, 0.1) is 0 Å². The third kappa shape index (κ3) is 2.88. The zero-order valence-electron chi connectivity index (χ0n) is 11.4. The van der Waals surface area contributed by atoms with E-state index in [9.17, 15) is 9.90 Å². The number of benzene rings is 1. The molecule has 7 heteroatoms. The molecule has 1 aliphatic rings. The second-order valence-corrected chi connectivity index (χ2v) is 5.25. The Morgan fingerprint density at radius 2 is 2.30 bits per heavy atom. The molecular formula is C13H18ClN3O3. The number of likely N-dealkylation sites (N-methyl/N-ethyl adjacent to an activating group) is 1. The number of carbonyl (C=O) groups excluding carboxylic acids is 1. The molecule has 2 atom stereocenters. The summed E-state index contributed by atoms with van der Waals surface area (Å²) in [5.74, 6) is -0.240. The molecule has 20 heavy (non-hydrogen) atoms. The van der Waals surface area contributed by atoms with Gasteiger partial charge < -0.3 is 25.8 Å². The summed E-state index contributed by atoms with van der Waals surface area (Å²) in [5, 5.41) is 13.0. The fourth-order valence-electron chi connectivity index (χ4n) is 2.25. The number of aliphatic hydroxyl groups excluding tert-OH is 1. The van der Waals surface area contributed by atoms with Crippen LogP contribution in [-0.4, -0.2) is 44.4 Å². The summed E-state index contributed by atoms with van der Waals surface area (Å²) in [6.07, 6.45) is -0.619. The number of nitrogens with one attached hydrogen (secondary N) is 1. The molecule has 0 radical (unpaired) electrons. The van der Waals surface area contributed by atoms with Gasteiger partial charge in [0.05, 0.1) is 23.4 Å². The largest absolute Gasteiger partial charge is 0.389 e. The van der Waals surface area contributed by atoms with Gasteiger partial charge in [-0.25, -0.2) is 0 Å². The van der Waals surface area contributed by atoms with Gasteiger partial charge in [0.25, 0.3) is 0 Å². The van der Waals surface area contributed by atoms with E-state index >= 15 is 0 Å². The lowest BCUT2D eigenvalue weighted by Gasteiger charge is -2.24. The first-order valence-electron chi connectivity index (χ1n) is 6.22. The van der Waals surface area contributed by atoms with E-state index in [1.807, 2.05) is 11.9 Å². The molecule has 0 bridgehead atoms. The minimum atomic E-state index is -0.680. The Morgan fingerprint density at radius 3 is 2.95 bits per heavy atom. The number of hydrogen-bond donors (Lipinski definition) is 3. The van der Waals surface area contributed by atoms with Gasteiger partial charge in [-0.05, 0) is 12.1 Å². The maximum Gasteiger partial charge on any atom is 0.245 e. The highest BCUT2D eigenvalue weighted by molar-refractivity contribution is 6.33. The monoisotopic (exact) mass is 299 g/mol. The van der Waals surface area contributed by atoms with Crippen LogP contribution in [0.1, 0.15) is 11.6 Å². The Kier molecular flexibility index (Phi) is 4.49. The molecule has 0 aromatic heterocycles. The van der Waals surface area contributed by atoms with Crippen LogP contribution in [-0.2, 0) is 9.53 Å². The molecule has 0 fully saturated rings. The summed E-state index contributed by atoms with van der Waals surface area (Å²) in [6.45, 7) is 0.612. The number of amides is 1. The van der Waals surface area contributed by atoms with Crippen molar-refractivity contribution >= 4 is 28.9 Å². The van der Waals surface area contributed by atoms with Gasteiger partial charge in [-0.15, -0.1) is 0 Å². The number of halogens is 1. The van der Waals surface area contributed by atoms with E-state index in [2.05, 4.69) is 5.32 Å². The van der Waals surface area contributed by atoms with Gasteiger partial charge in [-0.1, -0.05) is 11.6 Å². The molecule has 1 aromatic rings. The number of aliphatic hydroxyl groups is 1. The highest BCUT2D eigenvalue weighted by atomic mass is 35.5. The molecule has 4 N–H and O–H groups in total. The minimum Gasteiger partial charge on any atom is -0.389 e. The van der Waals surface area contributed by atoms with E-state index in [0.717, 1.165) is 5.69 Å². The summed E-state index contributed by atoms with van der Waals surface area (Å²) >= 11 is 6.23. The van der Waals surface area contributed by atoms with Crippen molar-refractivity contribution in [3.05, 3.63) is 22.7 Å². The van der Waals surface area contributed by atoms with Crippen molar-refractivity contribution in [2.75, 3.05) is 37.5 Å². The molecule has 0 saturated heterocycles. The van der Waals surface area contributed by atoms with Gasteiger partial charge in [0.2, 0.25) is 5.91 Å². The molecule has 1 amide bonds. The van der Waals surface area contributed by atoms with Crippen LogP contribution in [0.3, 0.4) is 0 Å². The van der Waals surface area contributed by atoms with E-state index < -0.39 is 12.1 Å². The first-order chi connectivity index (χ1) is 9.43. The number of hydrogen-bond acceptors (Lipinski definition) is 5. The van der Waals surface area contributed by atoms with E-state index in [1.54, 1.807) is 12.1 Å². The summed E-state index contributed by atoms with van der Waals surface area (Å²) in [4.78, 5) is 13.3. The Hall–Kier alpha value is -1.34. The molecule has 110 valence electrons. The van der Waals surface area contributed by atoms with Crippen LogP contribution in [0.5, 0.6) is 0 Å². The molecule has 0 spiro atoms. The number of nitrogens with zero attached hydrogens (tertiary/aromatic N) is 1. The fraction of sp³-hybridized carbons (Fsp3) is 0.462. The predicted octanol–water partition coefficient (Wildman–Crippen LogP) is 0.735. The Bertz CT molecular complexity index is 524. The van der Waals surface area contributed by atoms with Gasteiger partial charge in [0.15, 0.2) is 0 Å². The lowest BCUT2D eigenvalue weighted by molar-refractivity contribution is -0.116. The number of methoxy groups -OCH3 is 1. The fourth-order valence-corrected chi connectivity index (χ4v) is 2.56. The number of fused-ring (bicyclic) bond motifs is 1. The highest BCUT2D eigenvalue weighted by Gasteiger charge is 2.28. The molecule has 1 heterocycles. The average Bonchev–Trinajstić information content (AvgIpc) is 2.65. The quantitative estimate of drug-likeness (QED) is 0.746. The third-order valence-electron chi connectivity index (χ3n) is 3.25. The summed E-state index contributed by atoms with van der Waals surface area (Å²) in [7, 11) is 3.34. The van der Waals surface area contributed by atoms with E-state index in [1.165, 1.54) is 7.11 Å². The van der Waals surface area contributed by atoms with Crippen molar-refractivity contribution in [2.24, 2.45) is 5.73 Å². The van der Waals surface area contributed by atoms with Crippen LogP contribution in [0.2, 0.25) is 5.02 Å². The van der Waals surface area contributed by atoms with Gasteiger partial charge in [0, 0.05) is 32.0 Å². The number of carbonyl (C=O) groups is 1. The molecule has 1 aliphatic heterocycles. The highest BCUT2D eigenvalue weighted by Crippen LogP contribution is 2.37.